The molecule has 0 spiro atoms. The summed E-state index contributed by atoms with van der Waals surface area (Å²) < 4.78 is 3.71. The maximum Gasteiger partial charge on any atom is 0.173 e. The Hall–Kier alpha value is -2.40. The lowest BCUT2D eigenvalue weighted by Crippen LogP contribution is -2.28. The number of hydrogen-bond acceptors (Lipinski definition) is 3. The van der Waals surface area contributed by atoms with Gasteiger partial charge in [0.05, 0.1) is 11.4 Å². The average molecular weight is 310 g/mol. The van der Waals surface area contributed by atoms with Crippen molar-refractivity contribution in [3.63, 3.8) is 0 Å². The Morgan fingerprint density at radius 3 is 1.70 bits per heavy atom. The molecule has 1 atom stereocenters. The Labute approximate surface area is 136 Å². The molecule has 0 aliphatic carbocycles. The van der Waals surface area contributed by atoms with Crippen molar-refractivity contribution in [2.24, 2.45) is 0 Å². The molecule has 0 radical (unpaired) electrons. The largest absolute Gasteiger partial charge is 0.384 e. The topological polar surface area (TPSA) is 55.9 Å². The molecule has 3 aromatic rings. The van der Waals surface area contributed by atoms with E-state index in [-0.39, 0.29) is 0 Å². The van der Waals surface area contributed by atoms with Crippen LogP contribution >= 0.6 is 0 Å². The van der Waals surface area contributed by atoms with Gasteiger partial charge in [0.15, 0.2) is 6.17 Å². The zero-order chi connectivity index (χ0) is 16.6. The SMILES string of the molecule is Cc1cc(C)n(C(C(O)c2ccccc2)n2nc(C)cc2C)n1. The van der Waals surface area contributed by atoms with E-state index in [2.05, 4.69) is 10.2 Å². The third kappa shape index (κ3) is 2.92. The van der Waals surface area contributed by atoms with Gasteiger partial charge in [0.1, 0.15) is 6.10 Å². The van der Waals surface area contributed by atoms with Gasteiger partial charge in [-0.05, 0) is 45.4 Å². The van der Waals surface area contributed by atoms with Crippen LogP contribution in [0.25, 0.3) is 0 Å². The van der Waals surface area contributed by atoms with Crippen LogP contribution in [-0.4, -0.2) is 24.7 Å². The summed E-state index contributed by atoms with van der Waals surface area (Å²) in [5.74, 6) is 0. The van der Waals surface area contributed by atoms with Crippen LogP contribution in [0.15, 0.2) is 42.5 Å². The number of aliphatic hydroxyl groups excluding tert-OH is 1. The van der Waals surface area contributed by atoms with Crippen molar-refractivity contribution in [3.8, 4) is 0 Å². The van der Waals surface area contributed by atoms with E-state index >= 15 is 0 Å². The molecule has 1 aromatic carbocycles. The number of aromatic nitrogens is 4. The Kier molecular flexibility index (Phi) is 4.05. The fraction of sp³-hybridized carbons (Fsp3) is 0.333. The van der Waals surface area contributed by atoms with Crippen LogP contribution in [0, 0.1) is 27.7 Å². The van der Waals surface area contributed by atoms with Gasteiger partial charge in [-0.1, -0.05) is 30.3 Å². The molecular weight excluding hydrogens is 288 g/mol. The van der Waals surface area contributed by atoms with Gasteiger partial charge < -0.3 is 5.11 Å². The van der Waals surface area contributed by atoms with Crippen molar-refractivity contribution in [1.29, 1.82) is 0 Å². The summed E-state index contributed by atoms with van der Waals surface area (Å²) in [7, 11) is 0. The van der Waals surface area contributed by atoms with Crippen LogP contribution in [0.4, 0.5) is 0 Å². The highest BCUT2D eigenvalue weighted by Gasteiger charge is 2.28. The van der Waals surface area contributed by atoms with Gasteiger partial charge >= 0.3 is 0 Å². The highest BCUT2D eigenvalue weighted by Crippen LogP contribution is 2.29. The normalized spacial score (nSPS) is 12.8. The molecule has 0 amide bonds. The van der Waals surface area contributed by atoms with Gasteiger partial charge in [-0.3, -0.25) is 0 Å². The van der Waals surface area contributed by atoms with Crippen LogP contribution in [0.3, 0.4) is 0 Å². The van der Waals surface area contributed by atoms with Gasteiger partial charge in [-0.15, -0.1) is 0 Å². The lowest BCUT2D eigenvalue weighted by molar-refractivity contribution is 0.0797. The molecule has 1 unspecified atom stereocenters. The zero-order valence-corrected chi connectivity index (χ0v) is 13.9. The Morgan fingerprint density at radius 2 is 1.30 bits per heavy atom. The first-order valence-corrected chi connectivity index (χ1v) is 7.76. The van der Waals surface area contributed by atoms with Crippen molar-refractivity contribution in [3.05, 3.63) is 70.8 Å². The lowest BCUT2D eigenvalue weighted by atomic mass is 10.1. The smallest absolute Gasteiger partial charge is 0.173 e. The zero-order valence-electron chi connectivity index (χ0n) is 13.9. The van der Waals surface area contributed by atoms with E-state index < -0.39 is 12.3 Å². The summed E-state index contributed by atoms with van der Waals surface area (Å²) in [6.45, 7) is 7.90. The number of nitrogens with zero attached hydrogens (tertiary/aromatic N) is 4. The number of benzene rings is 1. The maximum atomic E-state index is 11.0. The first kappa shape index (κ1) is 15.5. The van der Waals surface area contributed by atoms with E-state index in [0.29, 0.717) is 0 Å². The molecule has 2 heterocycles. The second-order valence-corrected chi connectivity index (χ2v) is 6.01. The summed E-state index contributed by atoms with van der Waals surface area (Å²) in [5, 5.41) is 20.2. The first-order valence-electron chi connectivity index (χ1n) is 7.76. The van der Waals surface area contributed by atoms with E-state index in [1.807, 2.05) is 79.5 Å². The Morgan fingerprint density at radius 1 is 0.826 bits per heavy atom. The average Bonchev–Trinajstić information content (AvgIpc) is 3.02. The highest BCUT2D eigenvalue weighted by atomic mass is 16.3. The second-order valence-electron chi connectivity index (χ2n) is 6.01. The Balaban J connectivity index is 2.14. The summed E-state index contributed by atoms with van der Waals surface area (Å²) in [6, 6.07) is 13.7. The number of aryl methyl sites for hydroxylation is 4. The monoisotopic (exact) mass is 310 g/mol. The van der Waals surface area contributed by atoms with Crippen molar-refractivity contribution in [2.75, 3.05) is 0 Å². The van der Waals surface area contributed by atoms with Crippen molar-refractivity contribution >= 4 is 0 Å². The standard InChI is InChI=1S/C18H22N4O/c1-12-10-14(3)21(19-12)18(22-15(4)11-13(2)20-22)17(23)16-8-6-5-7-9-16/h5-11,17-18,23H,1-4H3. The van der Waals surface area contributed by atoms with Gasteiger partial charge in [0.25, 0.3) is 0 Å². The van der Waals surface area contributed by atoms with E-state index in [0.717, 1.165) is 28.3 Å². The van der Waals surface area contributed by atoms with E-state index in [1.165, 1.54) is 0 Å². The molecule has 0 bridgehead atoms. The molecule has 3 rings (SSSR count). The maximum absolute atomic E-state index is 11.0. The van der Waals surface area contributed by atoms with Crippen LogP contribution in [0.5, 0.6) is 0 Å². The predicted molar refractivity (Wildman–Crippen MR) is 89.2 cm³/mol. The fourth-order valence-corrected chi connectivity index (χ4v) is 3.02. The first-order chi connectivity index (χ1) is 11.0. The van der Waals surface area contributed by atoms with Crippen molar-refractivity contribution in [1.82, 2.24) is 19.6 Å². The predicted octanol–water partition coefficient (Wildman–Crippen LogP) is 3.09. The molecule has 23 heavy (non-hydrogen) atoms. The van der Waals surface area contributed by atoms with Crippen LogP contribution in [-0.2, 0) is 0 Å². The number of rotatable bonds is 4. The third-order valence-corrected chi connectivity index (χ3v) is 4.01. The van der Waals surface area contributed by atoms with Crippen molar-refractivity contribution in [2.45, 2.75) is 40.0 Å². The molecule has 0 saturated heterocycles. The van der Waals surface area contributed by atoms with Crippen LogP contribution in [0.1, 0.15) is 40.6 Å². The summed E-state index contributed by atoms with van der Waals surface area (Å²) in [4.78, 5) is 0. The van der Waals surface area contributed by atoms with Crippen molar-refractivity contribution < 1.29 is 5.11 Å². The minimum absolute atomic E-state index is 0.417. The minimum atomic E-state index is -0.743. The molecule has 5 nitrogen and oxygen atoms in total. The molecule has 0 aliphatic heterocycles. The number of aliphatic hydroxyl groups is 1. The summed E-state index contributed by atoms with van der Waals surface area (Å²) >= 11 is 0. The molecular formula is C18H22N4O. The lowest BCUT2D eigenvalue weighted by Gasteiger charge is -2.26. The molecule has 5 heteroatoms. The van der Waals surface area contributed by atoms with Crippen LogP contribution < -0.4 is 0 Å². The fourth-order valence-electron chi connectivity index (χ4n) is 3.02. The van der Waals surface area contributed by atoms with E-state index in [1.54, 1.807) is 0 Å². The van der Waals surface area contributed by atoms with Crippen LogP contribution in [0.2, 0.25) is 0 Å². The van der Waals surface area contributed by atoms with Gasteiger partial charge in [0.2, 0.25) is 0 Å². The molecule has 120 valence electrons. The summed E-state index contributed by atoms with van der Waals surface area (Å²) in [5.41, 5.74) is 4.69. The number of hydrogen-bond donors (Lipinski definition) is 1. The van der Waals surface area contributed by atoms with Gasteiger partial charge in [-0.25, -0.2) is 9.36 Å². The summed E-state index contributed by atoms with van der Waals surface area (Å²) in [6.07, 6.45) is -1.16. The second kappa shape index (κ2) is 6.01. The Bertz CT molecular complexity index is 758. The van der Waals surface area contributed by atoms with E-state index in [9.17, 15) is 5.11 Å². The quantitative estimate of drug-likeness (QED) is 0.805. The third-order valence-electron chi connectivity index (χ3n) is 4.01. The minimum Gasteiger partial charge on any atom is -0.384 e. The molecule has 1 N–H and O–H groups in total. The molecule has 2 aromatic heterocycles. The highest BCUT2D eigenvalue weighted by molar-refractivity contribution is 5.20. The van der Waals surface area contributed by atoms with Gasteiger partial charge in [-0.2, -0.15) is 10.2 Å². The molecule has 0 aliphatic rings. The van der Waals surface area contributed by atoms with Gasteiger partial charge in [0, 0.05) is 11.4 Å². The van der Waals surface area contributed by atoms with E-state index in [4.69, 9.17) is 0 Å². The molecule has 0 saturated carbocycles. The molecule has 0 fully saturated rings.